The fraction of sp³-hybridized carbons (Fsp3) is 0.579. The van der Waals surface area contributed by atoms with Crippen LogP contribution < -0.4 is 4.74 Å². The summed E-state index contributed by atoms with van der Waals surface area (Å²) in [6.45, 7) is 1.76. The monoisotopic (exact) mass is 521 g/mol. The van der Waals surface area contributed by atoms with Gasteiger partial charge in [-0.1, -0.05) is 0 Å². The Kier molecular flexibility index (Phi) is 7.41. The first kappa shape index (κ1) is 27.5. The van der Waals surface area contributed by atoms with E-state index in [1.165, 1.54) is 20.8 Å². The Morgan fingerprint density at radius 1 is 1.12 bits per heavy atom. The third-order valence-corrected chi connectivity index (χ3v) is 6.77. The number of sulfone groups is 1. The predicted octanol–water partition coefficient (Wildman–Crippen LogP) is 3.88. The molecule has 1 aromatic carbocycles. The predicted molar refractivity (Wildman–Crippen MR) is 103 cm³/mol. The van der Waals surface area contributed by atoms with Crippen molar-refractivity contribution in [1.82, 2.24) is 4.90 Å². The zero-order valence-electron chi connectivity index (χ0n) is 18.0. The van der Waals surface area contributed by atoms with Gasteiger partial charge in [0.25, 0.3) is 0 Å². The second kappa shape index (κ2) is 9.15. The number of carbonyl (C=O) groups is 2. The first-order valence-electron chi connectivity index (χ1n) is 9.59. The number of amides is 1. The van der Waals surface area contributed by atoms with Crippen LogP contribution in [0.1, 0.15) is 32.8 Å². The number of alkyl halides is 6. The lowest BCUT2D eigenvalue weighted by atomic mass is 10.2. The quantitative estimate of drug-likeness (QED) is 0.586. The Morgan fingerprint density at radius 3 is 2.18 bits per heavy atom. The Hall–Kier alpha value is -2.71. The second-order valence-corrected chi connectivity index (χ2v) is 10.6. The zero-order valence-corrected chi connectivity index (χ0v) is 18.8. The van der Waals surface area contributed by atoms with Crippen molar-refractivity contribution in [3.63, 3.8) is 0 Å². The van der Waals surface area contributed by atoms with Gasteiger partial charge in [-0.25, -0.2) is 18.0 Å². The van der Waals surface area contributed by atoms with Crippen LogP contribution in [-0.2, 0) is 25.5 Å². The van der Waals surface area contributed by atoms with E-state index in [2.05, 4.69) is 4.74 Å². The van der Waals surface area contributed by atoms with Gasteiger partial charge in [0.05, 0.1) is 15.7 Å². The van der Waals surface area contributed by atoms with E-state index in [1.807, 2.05) is 0 Å². The minimum Gasteiger partial charge on any atom is -0.484 e. The van der Waals surface area contributed by atoms with Crippen molar-refractivity contribution in [1.29, 1.82) is 0 Å². The molecule has 0 aliphatic carbocycles. The van der Waals surface area contributed by atoms with Gasteiger partial charge in [0, 0.05) is 6.54 Å². The number of rotatable bonds is 5. The van der Waals surface area contributed by atoms with Crippen molar-refractivity contribution < 1.29 is 58.9 Å². The van der Waals surface area contributed by atoms with Crippen LogP contribution in [0.5, 0.6) is 5.75 Å². The summed E-state index contributed by atoms with van der Waals surface area (Å²) in [5.74, 6) is -2.45. The average molecular weight is 521 g/mol. The van der Waals surface area contributed by atoms with Crippen LogP contribution in [0.2, 0.25) is 0 Å². The summed E-state index contributed by atoms with van der Waals surface area (Å²) in [4.78, 5) is 23.3. The molecule has 1 aliphatic heterocycles. The number of carboxylic acids is 1. The van der Waals surface area contributed by atoms with E-state index < -0.39 is 86.9 Å². The van der Waals surface area contributed by atoms with Crippen LogP contribution in [0.25, 0.3) is 0 Å². The van der Waals surface area contributed by atoms with Gasteiger partial charge in [-0.15, -0.1) is 0 Å². The van der Waals surface area contributed by atoms with E-state index in [0.717, 1.165) is 0 Å². The van der Waals surface area contributed by atoms with Crippen LogP contribution in [-0.4, -0.2) is 66.7 Å². The van der Waals surface area contributed by atoms with E-state index in [1.54, 1.807) is 0 Å². The second-order valence-electron chi connectivity index (χ2n) is 8.45. The number of benzene rings is 1. The van der Waals surface area contributed by atoms with Crippen molar-refractivity contribution >= 4 is 21.9 Å². The van der Waals surface area contributed by atoms with Crippen LogP contribution >= 0.6 is 0 Å². The molecular weight excluding hydrogens is 500 g/mol. The van der Waals surface area contributed by atoms with Crippen molar-refractivity contribution in [2.75, 3.05) is 13.2 Å². The van der Waals surface area contributed by atoms with Gasteiger partial charge in [-0.2, -0.15) is 26.3 Å². The minimum atomic E-state index is -5.30. The Labute approximate surface area is 190 Å². The highest BCUT2D eigenvalue weighted by atomic mass is 32.2. The summed E-state index contributed by atoms with van der Waals surface area (Å²) in [7, 11) is -4.90. The molecule has 1 aromatic rings. The van der Waals surface area contributed by atoms with Gasteiger partial charge >= 0.3 is 24.4 Å². The van der Waals surface area contributed by atoms with Gasteiger partial charge in [0.15, 0.2) is 16.4 Å². The lowest BCUT2D eigenvalue weighted by Gasteiger charge is -2.26. The Morgan fingerprint density at radius 2 is 1.71 bits per heavy atom. The first-order valence-corrected chi connectivity index (χ1v) is 11.1. The highest BCUT2D eigenvalue weighted by Crippen LogP contribution is 2.40. The largest absolute Gasteiger partial charge is 0.484 e. The number of hydrogen-bond acceptors (Lipinski definition) is 6. The van der Waals surface area contributed by atoms with Crippen LogP contribution in [0.4, 0.5) is 31.1 Å². The lowest BCUT2D eigenvalue weighted by Crippen LogP contribution is -2.43. The summed E-state index contributed by atoms with van der Waals surface area (Å²) in [5, 5.41) is 7.65. The molecule has 0 radical (unpaired) electrons. The maximum Gasteiger partial charge on any atom is 0.422 e. The van der Waals surface area contributed by atoms with E-state index in [0.29, 0.717) is 17.0 Å². The molecule has 1 aliphatic rings. The molecule has 2 atom stereocenters. The van der Waals surface area contributed by atoms with Gasteiger partial charge in [-0.3, -0.25) is 4.90 Å². The number of nitrogens with zero attached hydrogens (tertiary/aromatic N) is 1. The molecule has 0 saturated carbocycles. The molecule has 1 saturated heterocycles. The first-order chi connectivity index (χ1) is 15.2. The fourth-order valence-corrected chi connectivity index (χ4v) is 5.08. The van der Waals surface area contributed by atoms with Gasteiger partial charge in [-0.05, 0) is 45.4 Å². The van der Waals surface area contributed by atoms with Crippen molar-refractivity contribution in [2.45, 2.75) is 61.3 Å². The SMILES string of the molecule is CC(C)(C)OC(=O)N1C[C@H](S(=O)(=O)c2ccc(OCC(F)(F)F)cc2C(F)(F)F)C[C@H]1C(=O)O. The standard InChI is InChI=1S/C19H21F6NO7S/c1-17(2,3)33-16(29)26-8-11(7-13(26)15(27)28)34(30,31)14-5-4-10(32-9-18(20,21)22)6-12(14)19(23,24)25/h4-6,11,13H,7-9H2,1-3H3,(H,27,28)/t11-,13+/m1/s1. The molecule has 34 heavy (non-hydrogen) atoms. The molecule has 2 rings (SSSR count). The molecule has 1 fully saturated rings. The average Bonchev–Trinajstić information content (AvgIpc) is 3.10. The maximum atomic E-state index is 13.6. The van der Waals surface area contributed by atoms with Crippen molar-refractivity contribution in [3.05, 3.63) is 23.8 Å². The molecule has 0 unspecified atom stereocenters. The third-order valence-electron chi connectivity index (χ3n) is 4.58. The number of likely N-dealkylation sites (tertiary alicyclic amines) is 1. The van der Waals surface area contributed by atoms with Crippen molar-refractivity contribution in [2.24, 2.45) is 0 Å². The Bertz CT molecular complexity index is 1050. The summed E-state index contributed by atoms with van der Waals surface area (Å²) in [6, 6.07) is -0.495. The van der Waals surface area contributed by atoms with Gasteiger partial charge < -0.3 is 14.6 Å². The molecule has 1 amide bonds. The van der Waals surface area contributed by atoms with Crippen molar-refractivity contribution in [3.8, 4) is 5.75 Å². The lowest BCUT2D eigenvalue weighted by molar-refractivity contribution is -0.153. The molecule has 15 heteroatoms. The summed E-state index contributed by atoms with van der Waals surface area (Å²) in [5.41, 5.74) is -2.85. The number of carbonyl (C=O) groups excluding carboxylic acids is 1. The summed E-state index contributed by atoms with van der Waals surface area (Å²) >= 11 is 0. The molecule has 192 valence electrons. The minimum absolute atomic E-state index is 0.119. The highest BCUT2D eigenvalue weighted by Gasteiger charge is 2.49. The number of halogens is 6. The smallest absolute Gasteiger partial charge is 0.422 e. The number of hydrogen-bond donors (Lipinski definition) is 1. The molecule has 0 bridgehead atoms. The van der Waals surface area contributed by atoms with E-state index >= 15 is 0 Å². The Balaban J connectivity index is 2.44. The molecular formula is C19H21F6NO7S. The fourth-order valence-electron chi connectivity index (χ4n) is 3.19. The summed E-state index contributed by atoms with van der Waals surface area (Å²) in [6.07, 6.45) is -12.0. The van der Waals surface area contributed by atoms with Gasteiger partial charge in [0.2, 0.25) is 0 Å². The molecule has 0 spiro atoms. The van der Waals surface area contributed by atoms with Crippen LogP contribution in [0.15, 0.2) is 23.1 Å². The maximum absolute atomic E-state index is 13.6. The molecule has 1 N–H and O–H groups in total. The molecule has 1 heterocycles. The van der Waals surface area contributed by atoms with E-state index in [-0.39, 0.29) is 6.07 Å². The van der Waals surface area contributed by atoms with E-state index in [9.17, 15) is 49.5 Å². The zero-order chi connectivity index (χ0) is 26.3. The topological polar surface area (TPSA) is 110 Å². The summed E-state index contributed by atoms with van der Waals surface area (Å²) < 4.78 is 113. The number of ether oxygens (including phenoxy) is 2. The normalized spacial score (nSPS) is 19.7. The number of carboxylic acid groups (broad SMARTS) is 1. The van der Waals surface area contributed by atoms with Gasteiger partial charge in [0.1, 0.15) is 17.4 Å². The van der Waals surface area contributed by atoms with Crippen LogP contribution in [0.3, 0.4) is 0 Å². The molecule has 8 nitrogen and oxygen atoms in total. The highest BCUT2D eigenvalue weighted by molar-refractivity contribution is 7.92. The van der Waals surface area contributed by atoms with E-state index in [4.69, 9.17) is 4.74 Å². The number of aliphatic carboxylic acids is 1. The third kappa shape index (κ3) is 6.67. The van der Waals surface area contributed by atoms with Crippen LogP contribution in [0, 0.1) is 0 Å². The molecule has 0 aromatic heterocycles.